The highest BCUT2D eigenvalue weighted by atomic mass is 32.1. The number of hydrogen-bond donors (Lipinski definition) is 0. The van der Waals surface area contributed by atoms with E-state index in [9.17, 15) is 0 Å². The van der Waals surface area contributed by atoms with Gasteiger partial charge in [-0.25, -0.2) is 4.85 Å². The highest BCUT2D eigenvalue weighted by Gasteiger charge is 2.16. The Labute approximate surface area is 215 Å². The summed E-state index contributed by atoms with van der Waals surface area (Å²) < 4.78 is 13.9. The molecule has 0 aliphatic heterocycles. The minimum Gasteiger partial charge on any atom is -0.456 e. The van der Waals surface area contributed by atoms with Gasteiger partial charge < -0.3 is 8.98 Å². The number of hydrogen-bond acceptors (Lipinski definition) is 3. The molecule has 0 saturated carbocycles. The monoisotopic (exact) mass is 491 g/mol. The SMILES string of the molecule is [C-]#[N+]c1ccc2c(c1)c1cc(-c3ccc4sncc4c3)ccc1n2-c1ccc2oc3ccccc3c2c1. The van der Waals surface area contributed by atoms with Crippen LogP contribution >= 0.6 is 11.5 Å². The van der Waals surface area contributed by atoms with E-state index in [1.807, 2.05) is 42.6 Å². The average Bonchev–Trinajstić information content (AvgIpc) is 3.65. The van der Waals surface area contributed by atoms with Gasteiger partial charge in [-0.1, -0.05) is 36.4 Å². The van der Waals surface area contributed by atoms with E-state index in [2.05, 4.69) is 74.4 Å². The molecule has 37 heavy (non-hydrogen) atoms. The van der Waals surface area contributed by atoms with E-state index in [0.717, 1.165) is 65.9 Å². The summed E-state index contributed by atoms with van der Waals surface area (Å²) >= 11 is 1.51. The van der Waals surface area contributed by atoms with Gasteiger partial charge in [-0.15, -0.1) is 0 Å². The molecule has 0 aliphatic carbocycles. The van der Waals surface area contributed by atoms with Crippen molar-refractivity contribution in [1.29, 1.82) is 0 Å². The fourth-order valence-electron chi connectivity index (χ4n) is 5.44. The predicted molar refractivity (Wildman–Crippen MR) is 153 cm³/mol. The van der Waals surface area contributed by atoms with Crippen molar-refractivity contribution in [2.24, 2.45) is 0 Å². The zero-order valence-corrected chi connectivity index (χ0v) is 20.3. The van der Waals surface area contributed by atoms with E-state index >= 15 is 0 Å². The Morgan fingerprint density at radius 2 is 1.49 bits per heavy atom. The lowest BCUT2D eigenvalue weighted by atomic mass is 10.0. The summed E-state index contributed by atoms with van der Waals surface area (Å²) in [6.07, 6.45) is 1.92. The number of aromatic nitrogens is 2. The van der Waals surface area contributed by atoms with Crippen molar-refractivity contribution < 1.29 is 4.42 Å². The van der Waals surface area contributed by atoms with Crippen molar-refractivity contribution in [3.8, 4) is 16.8 Å². The van der Waals surface area contributed by atoms with Gasteiger partial charge in [0.1, 0.15) is 11.2 Å². The van der Waals surface area contributed by atoms with E-state index in [-0.39, 0.29) is 0 Å². The molecule has 5 aromatic carbocycles. The molecule has 0 spiro atoms. The molecule has 0 saturated heterocycles. The minimum atomic E-state index is 0.638. The van der Waals surface area contributed by atoms with Crippen LogP contribution in [-0.2, 0) is 0 Å². The predicted octanol–water partition coefficient (Wildman–Crippen LogP) is 9.51. The van der Waals surface area contributed by atoms with Crippen LogP contribution in [0.2, 0.25) is 0 Å². The zero-order chi connectivity index (χ0) is 24.5. The van der Waals surface area contributed by atoms with Gasteiger partial charge in [0.05, 0.1) is 22.3 Å². The molecule has 0 N–H and O–H groups in total. The first kappa shape index (κ1) is 20.3. The third kappa shape index (κ3) is 2.97. The van der Waals surface area contributed by atoms with Crippen molar-refractivity contribution in [2.75, 3.05) is 0 Å². The van der Waals surface area contributed by atoms with Crippen molar-refractivity contribution in [3.63, 3.8) is 0 Å². The van der Waals surface area contributed by atoms with Gasteiger partial charge in [-0.3, -0.25) is 0 Å². The molecule has 5 heteroatoms. The fraction of sp³-hybridized carbons (Fsp3) is 0. The Morgan fingerprint density at radius 1 is 0.703 bits per heavy atom. The number of fused-ring (bicyclic) bond motifs is 7. The summed E-state index contributed by atoms with van der Waals surface area (Å²) in [7, 11) is 0. The second kappa shape index (κ2) is 7.54. The van der Waals surface area contributed by atoms with E-state index in [0.29, 0.717) is 5.69 Å². The van der Waals surface area contributed by atoms with Crippen LogP contribution in [0.4, 0.5) is 5.69 Å². The smallest absolute Gasteiger partial charge is 0.188 e. The molecule has 0 atom stereocenters. The minimum absolute atomic E-state index is 0.638. The molecule has 0 bridgehead atoms. The van der Waals surface area contributed by atoms with Crippen LogP contribution in [0.5, 0.6) is 0 Å². The normalized spacial score (nSPS) is 11.8. The Morgan fingerprint density at radius 3 is 2.41 bits per heavy atom. The quantitative estimate of drug-likeness (QED) is 0.226. The Balaban J connectivity index is 1.41. The molecular formula is C32H17N3OS. The molecule has 0 unspecified atom stereocenters. The maximum atomic E-state index is 7.59. The van der Waals surface area contributed by atoms with Gasteiger partial charge in [0.15, 0.2) is 5.69 Å². The number of para-hydroxylation sites is 1. The third-order valence-corrected chi connectivity index (χ3v) is 7.96. The fourth-order valence-corrected chi connectivity index (χ4v) is 6.07. The lowest BCUT2D eigenvalue weighted by molar-refractivity contribution is 0.669. The summed E-state index contributed by atoms with van der Waals surface area (Å²) in [6, 6.07) is 33.6. The van der Waals surface area contributed by atoms with Crippen LogP contribution in [-0.4, -0.2) is 8.94 Å². The average molecular weight is 492 g/mol. The van der Waals surface area contributed by atoms with Crippen LogP contribution in [0.15, 0.2) is 108 Å². The van der Waals surface area contributed by atoms with Crippen LogP contribution in [0.1, 0.15) is 0 Å². The van der Waals surface area contributed by atoms with Gasteiger partial charge in [-0.2, -0.15) is 4.37 Å². The third-order valence-electron chi connectivity index (χ3n) is 7.18. The second-order valence-electron chi connectivity index (χ2n) is 9.24. The first-order chi connectivity index (χ1) is 18.3. The summed E-state index contributed by atoms with van der Waals surface area (Å²) in [6.45, 7) is 7.59. The number of furan rings is 1. The Hall–Kier alpha value is -4.92. The molecule has 8 aromatic rings. The molecule has 0 aliphatic rings. The lowest BCUT2D eigenvalue weighted by Gasteiger charge is -2.09. The molecule has 0 radical (unpaired) electrons. The van der Waals surface area contributed by atoms with Gasteiger partial charge in [0, 0.05) is 33.4 Å². The van der Waals surface area contributed by atoms with E-state index in [1.54, 1.807) is 0 Å². The highest BCUT2D eigenvalue weighted by Crippen LogP contribution is 2.39. The van der Waals surface area contributed by atoms with Crippen molar-refractivity contribution in [2.45, 2.75) is 0 Å². The Bertz CT molecular complexity index is 2220. The van der Waals surface area contributed by atoms with Crippen molar-refractivity contribution in [1.82, 2.24) is 8.94 Å². The first-order valence-corrected chi connectivity index (χ1v) is 12.8. The summed E-state index contributed by atoms with van der Waals surface area (Å²) in [5, 5.41) is 5.55. The first-order valence-electron chi connectivity index (χ1n) is 12.0. The molecule has 4 nitrogen and oxygen atoms in total. The van der Waals surface area contributed by atoms with Gasteiger partial charge in [0.25, 0.3) is 0 Å². The van der Waals surface area contributed by atoms with Gasteiger partial charge in [-0.05, 0) is 88.7 Å². The summed E-state index contributed by atoms with van der Waals surface area (Å²) in [5.41, 5.74) is 7.94. The van der Waals surface area contributed by atoms with Crippen LogP contribution < -0.4 is 0 Å². The molecule has 0 fully saturated rings. The molecular weight excluding hydrogens is 474 g/mol. The van der Waals surface area contributed by atoms with Crippen LogP contribution in [0.25, 0.3) is 75.5 Å². The standard InChI is InChI=1S/C32H17N3OS/c1-33-22-8-11-29-26(16-22)25-15-20(19-7-13-32-21(14-19)18-34-37-32)6-10-28(25)35(29)23-9-12-31-27(17-23)24-4-2-3-5-30(24)36-31/h2-18H. The number of benzene rings is 5. The number of nitrogens with zero attached hydrogens (tertiary/aromatic N) is 3. The van der Waals surface area contributed by atoms with E-state index < -0.39 is 0 Å². The molecule has 3 heterocycles. The second-order valence-corrected chi connectivity index (χ2v) is 10.1. The maximum Gasteiger partial charge on any atom is 0.188 e. The zero-order valence-electron chi connectivity index (χ0n) is 19.5. The molecule has 3 aromatic heterocycles. The molecule has 8 rings (SSSR count). The topological polar surface area (TPSA) is 35.3 Å². The summed E-state index contributed by atoms with van der Waals surface area (Å²) in [4.78, 5) is 3.71. The van der Waals surface area contributed by atoms with E-state index in [1.165, 1.54) is 16.2 Å². The molecule has 0 amide bonds. The lowest BCUT2D eigenvalue weighted by Crippen LogP contribution is -1.93. The van der Waals surface area contributed by atoms with Crippen molar-refractivity contribution >= 4 is 71.1 Å². The number of rotatable bonds is 2. The molecule has 172 valence electrons. The van der Waals surface area contributed by atoms with Crippen molar-refractivity contribution in [3.05, 3.63) is 115 Å². The van der Waals surface area contributed by atoms with Gasteiger partial charge >= 0.3 is 0 Å². The van der Waals surface area contributed by atoms with Crippen LogP contribution in [0, 0.1) is 6.57 Å². The van der Waals surface area contributed by atoms with Gasteiger partial charge in [0.2, 0.25) is 0 Å². The highest BCUT2D eigenvalue weighted by molar-refractivity contribution is 7.13. The maximum absolute atomic E-state index is 7.59. The van der Waals surface area contributed by atoms with Crippen LogP contribution in [0.3, 0.4) is 0 Å². The Kier molecular flexibility index (Phi) is 4.13. The summed E-state index contributed by atoms with van der Waals surface area (Å²) in [5.74, 6) is 0. The van der Waals surface area contributed by atoms with E-state index in [4.69, 9.17) is 11.0 Å². The largest absolute Gasteiger partial charge is 0.456 e.